The lowest BCUT2D eigenvalue weighted by Crippen LogP contribution is -2.42. The molecule has 2 saturated heterocycles. The smallest absolute Gasteiger partial charge is 0.216 e. The van der Waals surface area contributed by atoms with Crippen molar-refractivity contribution in [3.8, 4) is 0 Å². The van der Waals surface area contributed by atoms with Crippen LogP contribution in [-0.4, -0.2) is 50.1 Å². The molecule has 0 atom stereocenters. The van der Waals surface area contributed by atoms with Crippen LogP contribution in [0.15, 0.2) is 0 Å². The fraction of sp³-hybridized carbons (Fsp3) is 0.929. The van der Waals surface area contributed by atoms with Crippen molar-refractivity contribution >= 4 is 18.3 Å². The zero-order chi connectivity index (χ0) is 12.8. The summed E-state index contributed by atoms with van der Waals surface area (Å²) in [6, 6.07) is 0. The summed E-state index contributed by atoms with van der Waals surface area (Å²) >= 11 is 0. The highest BCUT2D eigenvalue weighted by Gasteiger charge is 2.22. The van der Waals surface area contributed by atoms with Gasteiger partial charge in [0.2, 0.25) is 5.91 Å². The van der Waals surface area contributed by atoms with E-state index in [1.165, 1.54) is 58.4 Å². The maximum atomic E-state index is 10.9. The van der Waals surface area contributed by atoms with Crippen LogP contribution in [0.4, 0.5) is 0 Å². The Hall–Kier alpha value is -0.320. The lowest BCUT2D eigenvalue weighted by atomic mass is 9.93. The highest BCUT2D eigenvalue weighted by atomic mass is 35.5. The van der Waals surface area contributed by atoms with Crippen LogP contribution in [0.2, 0.25) is 0 Å². The number of halogens is 1. The molecule has 0 bridgehead atoms. The van der Waals surface area contributed by atoms with Gasteiger partial charge < -0.3 is 15.5 Å². The van der Waals surface area contributed by atoms with Gasteiger partial charge in [-0.15, -0.1) is 12.4 Å². The Morgan fingerprint density at radius 1 is 1.16 bits per heavy atom. The molecule has 2 N–H and O–H groups in total. The molecule has 112 valence electrons. The van der Waals surface area contributed by atoms with Crippen molar-refractivity contribution in [2.75, 3.05) is 39.3 Å². The Morgan fingerprint density at radius 2 is 1.79 bits per heavy atom. The van der Waals surface area contributed by atoms with Gasteiger partial charge in [-0.3, -0.25) is 4.79 Å². The zero-order valence-electron chi connectivity index (χ0n) is 12.0. The number of hydrogen-bond donors (Lipinski definition) is 2. The number of piperidine rings is 2. The molecule has 5 heteroatoms. The number of hydrogen-bond acceptors (Lipinski definition) is 3. The van der Waals surface area contributed by atoms with Crippen molar-refractivity contribution in [1.29, 1.82) is 0 Å². The van der Waals surface area contributed by atoms with E-state index in [2.05, 4.69) is 15.5 Å². The molecule has 2 heterocycles. The highest BCUT2D eigenvalue weighted by molar-refractivity contribution is 5.85. The Kier molecular flexibility index (Phi) is 7.73. The summed E-state index contributed by atoms with van der Waals surface area (Å²) in [5.74, 6) is 1.70. The molecule has 19 heavy (non-hydrogen) atoms. The van der Waals surface area contributed by atoms with Gasteiger partial charge in [-0.1, -0.05) is 0 Å². The van der Waals surface area contributed by atoms with E-state index < -0.39 is 0 Å². The van der Waals surface area contributed by atoms with Gasteiger partial charge in [0, 0.05) is 20.0 Å². The van der Waals surface area contributed by atoms with Crippen molar-refractivity contribution in [3.63, 3.8) is 0 Å². The highest BCUT2D eigenvalue weighted by Crippen LogP contribution is 2.20. The first kappa shape index (κ1) is 16.7. The predicted molar refractivity (Wildman–Crippen MR) is 80.7 cm³/mol. The van der Waals surface area contributed by atoms with E-state index >= 15 is 0 Å². The summed E-state index contributed by atoms with van der Waals surface area (Å²) < 4.78 is 0. The third-order valence-electron chi connectivity index (χ3n) is 4.32. The summed E-state index contributed by atoms with van der Waals surface area (Å²) in [7, 11) is 0. The second-order valence-corrected chi connectivity index (χ2v) is 5.87. The Labute approximate surface area is 123 Å². The topological polar surface area (TPSA) is 44.4 Å². The largest absolute Gasteiger partial charge is 0.356 e. The molecular weight excluding hydrogens is 262 g/mol. The second-order valence-electron chi connectivity index (χ2n) is 5.87. The van der Waals surface area contributed by atoms with Gasteiger partial charge in [0.25, 0.3) is 0 Å². The Morgan fingerprint density at radius 3 is 2.37 bits per heavy atom. The molecule has 0 unspecified atom stereocenters. The molecule has 0 aliphatic carbocycles. The first-order valence-electron chi connectivity index (χ1n) is 7.41. The SMILES string of the molecule is CC(=O)NCC1CCN(CC2CCNCC2)CC1.Cl. The van der Waals surface area contributed by atoms with E-state index in [9.17, 15) is 4.79 Å². The van der Waals surface area contributed by atoms with Gasteiger partial charge in [0.1, 0.15) is 0 Å². The van der Waals surface area contributed by atoms with Crippen molar-refractivity contribution < 1.29 is 4.79 Å². The van der Waals surface area contributed by atoms with E-state index in [0.29, 0.717) is 5.92 Å². The molecule has 2 aliphatic rings. The monoisotopic (exact) mass is 289 g/mol. The van der Waals surface area contributed by atoms with Crippen LogP contribution in [0.5, 0.6) is 0 Å². The fourth-order valence-electron chi connectivity index (χ4n) is 3.09. The maximum absolute atomic E-state index is 10.9. The van der Waals surface area contributed by atoms with Gasteiger partial charge in [-0.25, -0.2) is 0 Å². The van der Waals surface area contributed by atoms with E-state index in [1.54, 1.807) is 6.92 Å². The summed E-state index contributed by atoms with van der Waals surface area (Å²) in [5.41, 5.74) is 0. The normalized spacial score (nSPS) is 22.8. The standard InChI is InChI=1S/C14H27N3O.ClH/c1-12(18)16-10-13-4-8-17(9-5-13)11-14-2-6-15-7-3-14;/h13-15H,2-11H2,1H3,(H,16,18);1H. The number of carbonyl (C=O) groups excluding carboxylic acids is 1. The van der Waals surface area contributed by atoms with Crippen LogP contribution >= 0.6 is 12.4 Å². The minimum Gasteiger partial charge on any atom is -0.356 e. The molecule has 0 saturated carbocycles. The number of nitrogens with zero attached hydrogens (tertiary/aromatic N) is 1. The number of rotatable bonds is 4. The zero-order valence-corrected chi connectivity index (χ0v) is 12.8. The first-order valence-corrected chi connectivity index (χ1v) is 7.41. The van der Waals surface area contributed by atoms with Gasteiger partial charge >= 0.3 is 0 Å². The van der Waals surface area contributed by atoms with Crippen molar-refractivity contribution in [2.24, 2.45) is 11.8 Å². The number of carbonyl (C=O) groups is 1. The summed E-state index contributed by atoms with van der Waals surface area (Å²) in [6.07, 6.45) is 5.16. The third-order valence-corrected chi connectivity index (χ3v) is 4.32. The summed E-state index contributed by atoms with van der Waals surface area (Å²) in [5, 5.41) is 6.37. The Balaban J connectivity index is 0.00000180. The Bertz CT molecular complexity index is 261. The van der Waals surface area contributed by atoms with E-state index in [-0.39, 0.29) is 18.3 Å². The maximum Gasteiger partial charge on any atom is 0.216 e. The van der Waals surface area contributed by atoms with Crippen molar-refractivity contribution in [3.05, 3.63) is 0 Å². The average molecular weight is 290 g/mol. The molecular formula is C14H28ClN3O. The molecule has 2 rings (SSSR count). The molecule has 1 amide bonds. The number of amides is 1. The summed E-state index contributed by atoms with van der Waals surface area (Å²) in [4.78, 5) is 13.5. The fourth-order valence-corrected chi connectivity index (χ4v) is 3.09. The van der Waals surface area contributed by atoms with Gasteiger partial charge in [0.15, 0.2) is 0 Å². The molecule has 2 fully saturated rings. The minimum absolute atomic E-state index is 0. The minimum atomic E-state index is 0. The lowest BCUT2D eigenvalue weighted by Gasteiger charge is -2.35. The first-order chi connectivity index (χ1) is 8.74. The van der Waals surface area contributed by atoms with Gasteiger partial charge in [-0.05, 0) is 63.7 Å². The molecule has 0 aromatic carbocycles. The molecule has 4 nitrogen and oxygen atoms in total. The van der Waals surface area contributed by atoms with Crippen LogP contribution in [-0.2, 0) is 4.79 Å². The van der Waals surface area contributed by atoms with Crippen molar-refractivity contribution in [2.45, 2.75) is 32.6 Å². The van der Waals surface area contributed by atoms with E-state index in [0.717, 1.165) is 12.5 Å². The molecule has 0 radical (unpaired) electrons. The quantitative estimate of drug-likeness (QED) is 0.819. The third kappa shape index (κ3) is 6.11. The predicted octanol–water partition coefficient (Wildman–Crippen LogP) is 1.26. The van der Waals surface area contributed by atoms with Crippen LogP contribution in [0, 0.1) is 11.8 Å². The van der Waals surface area contributed by atoms with Gasteiger partial charge in [-0.2, -0.15) is 0 Å². The van der Waals surface area contributed by atoms with Crippen LogP contribution in [0.1, 0.15) is 32.6 Å². The molecule has 0 aromatic rings. The average Bonchev–Trinajstić information content (AvgIpc) is 2.39. The number of likely N-dealkylation sites (tertiary alicyclic amines) is 1. The molecule has 0 aromatic heterocycles. The second kappa shape index (κ2) is 8.77. The number of nitrogens with one attached hydrogen (secondary N) is 2. The van der Waals surface area contributed by atoms with E-state index in [1.807, 2.05) is 0 Å². The van der Waals surface area contributed by atoms with Crippen LogP contribution in [0.25, 0.3) is 0 Å². The van der Waals surface area contributed by atoms with Gasteiger partial charge in [0.05, 0.1) is 0 Å². The lowest BCUT2D eigenvalue weighted by molar-refractivity contribution is -0.119. The van der Waals surface area contributed by atoms with E-state index in [4.69, 9.17) is 0 Å². The van der Waals surface area contributed by atoms with Crippen LogP contribution in [0.3, 0.4) is 0 Å². The molecule has 0 spiro atoms. The van der Waals surface area contributed by atoms with Crippen molar-refractivity contribution in [1.82, 2.24) is 15.5 Å². The van der Waals surface area contributed by atoms with Crippen LogP contribution < -0.4 is 10.6 Å². The molecule has 2 aliphatic heterocycles. The summed E-state index contributed by atoms with van der Waals surface area (Å²) in [6.45, 7) is 8.59.